The Bertz CT molecular complexity index is 2710. The van der Waals surface area contributed by atoms with E-state index in [9.17, 15) is 0 Å². The van der Waals surface area contributed by atoms with Gasteiger partial charge in [-0.25, -0.2) is 4.98 Å². The molecule has 2 aliphatic rings. The second kappa shape index (κ2) is 14.8. The van der Waals surface area contributed by atoms with Gasteiger partial charge in [-0.3, -0.25) is 4.57 Å². The van der Waals surface area contributed by atoms with Gasteiger partial charge in [0, 0.05) is 39.9 Å². The molecule has 0 spiro atoms. The second-order valence-electron chi connectivity index (χ2n) is 15.5. The van der Waals surface area contributed by atoms with Crippen molar-refractivity contribution in [1.29, 1.82) is 0 Å². The molecule has 10 rings (SSSR count). The summed E-state index contributed by atoms with van der Waals surface area (Å²) in [6.07, 6.45) is 5.64. The highest BCUT2D eigenvalue weighted by atomic mass is 15.2. The molecule has 2 aliphatic heterocycles. The van der Waals surface area contributed by atoms with Crippen molar-refractivity contribution in [3.05, 3.63) is 210 Å². The molecule has 4 heteroatoms. The molecule has 0 N–H and O–H groups in total. The summed E-state index contributed by atoms with van der Waals surface area (Å²) in [6.45, 7) is 4.75. The first-order valence-electron chi connectivity index (χ1n) is 20.4. The van der Waals surface area contributed by atoms with Gasteiger partial charge in [0.05, 0.1) is 22.8 Å². The second-order valence-corrected chi connectivity index (χ2v) is 15.5. The molecule has 3 heterocycles. The van der Waals surface area contributed by atoms with Crippen molar-refractivity contribution < 1.29 is 0 Å². The van der Waals surface area contributed by atoms with E-state index < -0.39 is 0 Å². The summed E-state index contributed by atoms with van der Waals surface area (Å²) in [5.74, 6) is 1.57. The Morgan fingerprint density at radius 2 is 1.21 bits per heavy atom. The molecule has 278 valence electrons. The van der Waals surface area contributed by atoms with Crippen molar-refractivity contribution in [2.75, 3.05) is 9.80 Å². The minimum Gasteiger partial charge on any atom is -0.333 e. The van der Waals surface area contributed by atoms with Crippen molar-refractivity contribution in [3.63, 3.8) is 0 Å². The third-order valence-corrected chi connectivity index (χ3v) is 12.0. The van der Waals surface area contributed by atoms with Crippen LogP contribution in [-0.4, -0.2) is 9.55 Å². The van der Waals surface area contributed by atoms with E-state index in [0.717, 1.165) is 53.1 Å². The minimum atomic E-state index is 0.0629. The van der Waals surface area contributed by atoms with Crippen LogP contribution in [0.2, 0.25) is 0 Å². The van der Waals surface area contributed by atoms with Crippen LogP contribution in [0.1, 0.15) is 60.9 Å². The van der Waals surface area contributed by atoms with Crippen LogP contribution >= 0.6 is 0 Å². The maximum atomic E-state index is 5.44. The highest BCUT2D eigenvalue weighted by molar-refractivity contribution is 5.93. The van der Waals surface area contributed by atoms with Crippen LogP contribution in [0.15, 0.2) is 188 Å². The lowest BCUT2D eigenvalue weighted by Gasteiger charge is -2.38. The van der Waals surface area contributed by atoms with Crippen LogP contribution in [0.5, 0.6) is 0 Å². The number of para-hydroxylation sites is 7. The van der Waals surface area contributed by atoms with Gasteiger partial charge in [0.2, 0.25) is 0 Å². The number of allylic oxidation sites excluding steroid dienone is 1. The Morgan fingerprint density at radius 3 is 1.96 bits per heavy atom. The van der Waals surface area contributed by atoms with Crippen LogP contribution in [-0.2, 0) is 6.42 Å². The monoisotopic (exact) mass is 738 g/mol. The lowest BCUT2D eigenvalue weighted by molar-refractivity contribution is 0.444. The number of hydrogen-bond acceptors (Lipinski definition) is 3. The summed E-state index contributed by atoms with van der Waals surface area (Å²) < 4.78 is 2.34. The van der Waals surface area contributed by atoms with E-state index in [1.54, 1.807) is 0 Å². The van der Waals surface area contributed by atoms with Crippen LogP contribution in [0.3, 0.4) is 0 Å². The summed E-state index contributed by atoms with van der Waals surface area (Å²) in [5, 5.41) is 0. The summed E-state index contributed by atoms with van der Waals surface area (Å²) >= 11 is 0. The average Bonchev–Trinajstić information content (AvgIpc) is 3.60. The van der Waals surface area contributed by atoms with Crippen LogP contribution < -0.4 is 9.80 Å². The molecule has 57 heavy (non-hydrogen) atoms. The quantitative estimate of drug-likeness (QED) is 0.163. The molecular weight excluding hydrogens is 693 g/mol. The molecule has 0 amide bonds. The number of imidazole rings is 1. The first kappa shape index (κ1) is 34.8. The van der Waals surface area contributed by atoms with Gasteiger partial charge in [-0.05, 0) is 126 Å². The Morgan fingerprint density at radius 1 is 0.596 bits per heavy atom. The van der Waals surface area contributed by atoms with Crippen LogP contribution in [0, 0.1) is 5.92 Å². The number of benzene rings is 7. The number of aryl methyl sites for hydroxylation is 1. The Balaban J connectivity index is 1.27. The fourth-order valence-electron chi connectivity index (χ4n) is 9.33. The molecule has 0 aliphatic carbocycles. The fourth-order valence-corrected chi connectivity index (χ4v) is 9.33. The maximum Gasteiger partial charge on any atom is 0.145 e. The number of anilines is 4. The number of rotatable bonds is 7. The molecule has 3 atom stereocenters. The van der Waals surface area contributed by atoms with E-state index in [1.807, 2.05) is 0 Å². The summed E-state index contributed by atoms with van der Waals surface area (Å²) in [5.41, 5.74) is 15.6. The molecule has 1 aromatic heterocycles. The van der Waals surface area contributed by atoms with E-state index in [1.165, 1.54) is 45.0 Å². The normalized spacial score (nSPS) is 17.8. The fraction of sp³-hybridized carbons (Fsp3) is 0.151. The lowest BCUT2D eigenvalue weighted by atomic mass is 9.85. The van der Waals surface area contributed by atoms with Crippen LogP contribution in [0.25, 0.3) is 33.8 Å². The molecule has 0 radical (unpaired) electrons. The van der Waals surface area contributed by atoms with Gasteiger partial charge in [0.15, 0.2) is 0 Å². The first-order chi connectivity index (χ1) is 28.2. The van der Waals surface area contributed by atoms with Crippen molar-refractivity contribution in [2.45, 2.75) is 45.1 Å². The smallest absolute Gasteiger partial charge is 0.145 e. The van der Waals surface area contributed by atoms with E-state index in [4.69, 9.17) is 4.98 Å². The van der Waals surface area contributed by atoms with Gasteiger partial charge in [-0.15, -0.1) is 0 Å². The lowest BCUT2D eigenvalue weighted by Crippen LogP contribution is -2.28. The SMILES string of the molecule is CCC1C=C(c2cc(-c3nc4ccccc4n3-c3ccccc3)cc(C3C(C)CCc4ccccc4N3c3ccccc3)c2)N(c2ccccc2)c2ccccc21. The summed E-state index contributed by atoms with van der Waals surface area (Å²) in [4.78, 5) is 10.5. The molecule has 7 aromatic carbocycles. The molecule has 4 nitrogen and oxygen atoms in total. The third kappa shape index (κ3) is 6.22. The molecule has 0 saturated heterocycles. The zero-order valence-corrected chi connectivity index (χ0v) is 32.5. The highest BCUT2D eigenvalue weighted by Crippen LogP contribution is 2.49. The van der Waals surface area contributed by atoms with E-state index in [0.29, 0.717) is 5.92 Å². The van der Waals surface area contributed by atoms with E-state index in [2.05, 4.69) is 216 Å². The van der Waals surface area contributed by atoms with Crippen molar-refractivity contribution in [3.8, 4) is 17.1 Å². The molecule has 0 fully saturated rings. The first-order valence-corrected chi connectivity index (χ1v) is 20.4. The van der Waals surface area contributed by atoms with E-state index in [-0.39, 0.29) is 12.0 Å². The van der Waals surface area contributed by atoms with Gasteiger partial charge < -0.3 is 9.80 Å². The highest BCUT2D eigenvalue weighted by Gasteiger charge is 2.34. The van der Waals surface area contributed by atoms with Crippen molar-refractivity contribution in [2.24, 2.45) is 5.92 Å². The van der Waals surface area contributed by atoms with Gasteiger partial charge >= 0.3 is 0 Å². The van der Waals surface area contributed by atoms with Gasteiger partial charge in [-0.2, -0.15) is 0 Å². The van der Waals surface area contributed by atoms with E-state index >= 15 is 0 Å². The summed E-state index contributed by atoms with van der Waals surface area (Å²) in [6, 6.07) is 66.4. The predicted molar refractivity (Wildman–Crippen MR) is 238 cm³/mol. The number of hydrogen-bond donors (Lipinski definition) is 0. The maximum absolute atomic E-state index is 5.44. The van der Waals surface area contributed by atoms with Gasteiger partial charge in [-0.1, -0.05) is 123 Å². The molecular formula is C53H46N4. The Kier molecular flexibility index (Phi) is 9.03. The van der Waals surface area contributed by atoms with Crippen molar-refractivity contribution in [1.82, 2.24) is 9.55 Å². The van der Waals surface area contributed by atoms with Crippen molar-refractivity contribution >= 4 is 39.5 Å². The number of nitrogens with zero attached hydrogens (tertiary/aromatic N) is 4. The summed E-state index contributed by atoms with van der Waals surface area (Å²) in [7, 11) is 0. The topological polar surface area (TPSA) is 24.3 Å². The molecule has 0 saturated carbocycles. The zero-order valence-electron chi connectivity index (χ0n) is 32.5. The number of fused-ring (bicyclic) bond motifs is 3. The molecule has 3 unspecified atom stereocenters. The van der Waals surface area contributed by atoms with Gasteiger partial charge in [0.25, 0.3) is 0 Å². The van der Waals surface area contributed by atoms with Gasteiger partial charge in [0.1, 0.15) is 5.82 Å². The predicted octanol–water partition coefficient (Wildman–Crippen LogP) is 13.8. The van der Waals surface area contributed by atoms with Crippen LogP contribution in [0.4, 0.5) is 22.7 Å². The Labute approximate surface area is 336 Å². The number of aromatic nitrogens is 2. The minimum absolute atomic E-state index is 0.0629. The standard InChI is InChI=1S/C53H46N4/c1-3-38-36-51(55(43-20-7-4-8-21-43)49-29-17-14-26-46(38)49)40-33-41(52-37(2)31-32-39-19-13-16-28-48(39)56(52)44-22-9-5-10-23-44)35-42(34-40)53-54-47-27-15-18-30-50(47)57(53)45-24-11-6-12-25-45/h4-30,33-38,52H,3,31-32H2,1-2H3. The Hall–Kier alpha value is -6.65. The zero-order chi connectivity index (χ0) is 38.3. The molecule has 0 bridgehead atoms. The molecule has 8 aromatic rings. The third-order valence-electron chi connectivity index (χ3n) is 12.0. The average molecular weight is 739 g/mol. The largest absolute Gasteiger partial charge is 0.333 e.